The van der Waals surface area contributed by atoms with Crippen LogP contribution in [0.1, 0.15) is 29.8 Å². The Balaban J connectivity index is 2.18. The quantitative estimate of drug-likeness (QED) is 0.525. The highest BCUT2D eigenvalue weighted by atomic mass is 16.5. The minimum Gasteiger partial charge on any atom is -0.379 e. The molecule has 3 heteroatoms. The lowest BCUT2D eigenvalue weighted by Crippen LogP contribution is -2.14. The summed E-state index contributed by atoms with van der Waals surface area (Å²) >= 11 is 0. The van der Waals surface area contributed by atoms with Gasteiger partial charge in [0.1, 0.15) is 6.61 Å². The number of carbonyl (C=O) groups is 1. The molecule has 0 bridgehead atoms. The van der Waals surface area contributed by atoms with Crippen LogP contribution < -0.4 is 0 Å². The van der Waals surface area contributed by atoms with Crippen LogP contribution in [0.2, 0.25) is 0 Å². The molecule has 0 unspecified atom stereocenters. The Morgan fingerprint density at radius 1 is 1.22 bits per heavy atom. The number of Topliss-reactive ketones (excluding diaryl/α,β-unsaturated/α-hetero) is 1. The number of carbonyl (C=O) groups excluding carboxylic acids is 1. The van der Waals surface area contributed by atoms with Crippen molar-refractivity contribution in [3.05, 3.63) is 35.4 Å². The number of hydrogen-bond acceptors (Lipinski definition) is 3. The number of hydrogen-bond donors (Lipinski definition) is 0. The van der Waals surface area contributed by atoms with Gasteiger partial charge < -0.3 is 9.47 Å². The highest BCUT2D eigenvalue weighted by Gasteiger charge is 2.05. The van der Waals surface area contributed by atoms with Crippen LogP contribution in [-0.4, -0.2) is 32.2 Å². The van der Waals surface area contributed by atoms with Gasteiger partial charge in [0.2, 0.25) is 0 Å². The third-order valence-electron chi connectivity index (χ3n) is 2.40. The van der Waals surface area contributed by atoms with Gasteiger partial charge in [0.05, 0.1) is 13.2 Å². The predicted molar refractivity (Wildman–Crippen MR) is 72.0 cm³/mol. The Morgan fingerprint density at radius 3 is 2.61 bits per heavy atom. The molecule has 0 aliphatic carbocycles. The van der Waals surface area contributed by atoms with E-state index in [1.807, 2.05) is 31.2 Å². The molecule has 3 nitrogen and oxygen atoms in total. The summed E-state index contributed by atoms with van der Waals surface area (Å²) in [6, 6.07) is 7.54. The van der Waals surface area contributed by atoms with E-state index in [-0.39, 0.29) is 12.4 Å². The SMILES string of the molecule is Cc1cccc(C(=O)COCCOCC(C)C)c1. The fraction of sp³-hybridized carbons (Fsp3) is 0.533. The molecule has 0 fully saturated rings. The molecule has 0 saturated carbocycles. The summed E-state index contributed by atoms with van der Waals surface area (Å²) in [6.07, 6.45) is 0. The Hall–Kier alpha value is -1.19. The average molecular weight is 250 g/mol. The van der Waals surface area contributed by atoms with E-state index in [1.54, 1.807) is 0 Å². The van der Waals surface area contributed by atoms with Gasteiger partial charge in [-0.25, -0.2) is 0 Å². The number of ether oxygens (including phenoxy) is 2. The van der Waals surface area contributed by atoms with Crippen molar-refractivity contribution >= 4 is 5.78 Å². The summed E-state index contributed by atoms with van der Waals surface area (Å²) in [5, 5.41) is 0. The van der Waals surface area contributed by atoms with Crippen molar-refractivity contribution in [3.8, 4) is 0 Å². The summed E-state index contributed by atoms with van der Waals surface area (Å²) < 4.78 is 10.7. The van der Waals surface area contributed by atoms with Crippen molar-refractivity contribution in [1.29, 1.82) is 0 Å². The second kappa shape index (κ2) is 8.01. The van der Waals surface area contributed by atoms with Crippen molar-refractivity contribution < 1.29 is 14.3 Å². The Labute approximate surface area is 109 Å². The van der Waals surface area contributed by atoms with Gasteiger partial charge in [-0.3, -0.25) is 4.79 Å². The van der Waals surface area contributed by atoms with Crippen molar-refractivity contribution in [3.63, 3.8) is 0 Å². The fourth-order valence-electron chi connectivity index (χ4n) is 1.50. The Kier molecular flexibility index (Phi) is 6.61. The topological polar surface area (TPSA) is 35.5 Å². The zero-order valence-corrected chi connectivity index (χ0v) is 11.4. The van der Waals surface area contributed by atoms with Gasteiger partial charge in [0.25, 0.3) is 0 Å². The molecule has 0 spiro atoms. The normalized spacial score (nSPS) is 10.9. The van der Waals surface area contributed by atoms with Gasteiger partial charge in [-0.2, -0.15) is 0 Å². The largest absolute Gasteiger partial charge is 0.379 e. The molecular formula is C15H22O3. The van der Waals surface area contributed by atoms with E-state index >= 15 is 0 Å². The molecule has 18 heavy (non-hydrogen) atoms. The van der Waals surface area contributed by atoms with E-state index in [9.17, 15) is 4.79 Å². The third-order valence-corrected chi connectivity index (χ3v) is 2.40. The first-order chi connectivity index (χ1) is 8.59. The monoisotopic (exact) mass is 250 g/mol. The molecule has 0 heterocycles. The summed E-state index contributed by atoms with van der Waals surface area (Å²) in [7, 11) is 0. The Bertz CT molecular complexity index is 372. The molecule has 0 N–H and O–H groups in total. The van der Waals surface area contributed by atoms with Crippen LogP contribution in [0.25, 0.3) is 0 Å². The zero-order chi connectivity index (χ0) is 13.4. The smallest absolute Gasteiger partial charge is 0.188 e. The predicted octanol–water partition coefficient (Wildman–Crippen LogP) is 2.87. The van der Waals surface area contributed by atoms with E-state index in [1.165, 1.54) is 0 Å². The van der Waals surface area contributed by atoms with Crippen LogP contribution in [0.3, 0.4) is 0 Å². The first-order valence-corrected chi connectivity index (χ1v) is 6.35. The summed E-state index contributed by atoms with van der Waals surface area (Å²) in [5.41, 5.74) is 1.79. The fourth-order valence-corrected chi connectivity index (χ4v) is 1.50. The molecule has 1 aromatic carbocycles. The van der Waals surface area contributed by atoms with Gasteiger partial charge in [0, 0.05) is 12.2 Å². The second-order valence-electron chi connectivity index (χ2n) is 4.81. The standard InChI is InChI=1S/C15H22O3/c1-12(2)10-17-7-8-18-11-15(16)14-6-4-5-13(3)9-14/h4-6,9,12H,7-8,10-11H2,1-3H3. The number of rotatable bonds is 8. The number of ketones is 1. The molecule has 0 aliphatic rings. The number of aryl methyl sites for hydroxylation is 1. The molecule has 1 rings (SSSR count). The van der Waals surface area contributed by atoms with Gasteiger partial charge >= 0.3 is 0 Å². The van der Waals surface area contributed by atoms with Gasteiger partial charge in [-0.1, -0.05) is 37.6 Å². The third kappa shape index (κ3) is 5.94. The highest BCUT2D eigenvalue weighted by Crippen LogP contribution is 2.05. The lowest BCUT2D eigenvalue weighted by atomic mass is 10.1. The van der Waals surface area contributed by atoms with E-state index < -0.39 is 0 Å². The van der Waals surface area contributed by atoms with Crippen LogP contribution in [0, 0.1) is 12.8 Å². The maximum absolute atomic E-state index is 11.8. The van der Waals surface area contributed by atoms with Crippen LogP contribution in [0.5, 0.6) is 0 Å². The Morgan fingerprint density at radius 2 is 1.94 bits per heavy atom. The summed E-state index contributed by atoms with van der Waals surface area (Å²) in [6.45, 7) is 8.02. The van der Waals surface area contributed by atoms with Crippen LogP contribution in [-0.2, 0) is 9.47 Å². The zero-order valence-electron chi connectivity index (χ0n) is 11.4. The first kappa shape index (κ1) is 14.9. The maximum atomic E-state index is 11.8. The molecular weight excluding hydrogens is 228 g/mol. The lowest BCUT2D eigenvalue weighted by Gasteiger charge is -2.07. The summed E-state index contributed by atoms with van der Waals surface area (Å²) in [5.74, 6) is 0.543. The molecule has 0 atom stereocenters. The van der Waals surface area contributed by atoms with Gasteiger partial charge in [-0.15, -0.1) is 0 Å². The second-order valence-corrected chi connectivity index (χ2v) is 4.81. The minimum absolute atomic E-state index is 0.0163. The van der Waals surface area contributed by atoms with Crippen molar-refractivity contribution in [2.75, 3.05) is 26.4 Å². The number of benzene rings is 1. The molecule has 0 radical (unpaired) electrons. The first-order valence-electron chi connectivity index (χ1n) is 6.35. The molecule has 0 saturated heterocycles. The average Bonchev–Trinajstić information content (AvgIpc) is 2.33. The highest BCUT2D eigenvalue weighted by molar-refractivity contribution is 5.97. The van der Waals surface area contributed by atoms with Gasteiger partial charge in [-0.05, 0) is 18.9 Å². The van der Waals surface area contributed by atoms with Gasteiger partial charge in [0.15, 0.2) is 5.78 Å². The molecule has 0 aliphatic heterocycles. The molecule has 1 aromatic rings. The van der Waals surface area contributed by atoms with Crippen molar-refractivity contribution in [1.82, 2.24) is 0 Å². The molecule has 0 amide bonds. The molecule has 100 valence electrons. The summed E-state index contributed by atoms with van der Waals surface area (Å²) in [4.78, 5) is 11.8. The van der Waals surface area contributed by atoms with Crippen molar-refractivity contribution in [2.45, 2.75) is 20.8 Å². The maximum Gasteiger partial charge on any atom is 0.188 e. The van der Waals surface area contributed by atoms with Crippen LogP contribution in [0.4, 0.5) is 0 Å². The van der Waals surface area contributed by atoms with Crippen LogP contribution in [0.15, 0.2) is 24.3 Å². The van der Waals surface area contributed by atoms with E-state index in [2.05, 4.69) is 13.8 Å². The van der Waals surface area contributed by atoms with Crippen molar-refractivity contribution in [2.24, 2.45) is 5.92 Å². The molecule has 0 aromatic heterocycles. The van der Waals surface area contributed by atoms with E-state index in [0.717, 1.165) is 12.2 Å². The lowest BCUT2D eigenvalue weighted by molar-refractivity contribution is 0.0364. The minimum atomic E-state index is 0.0163. The van der Waals surface area contributed by atoms with Crippen LogP contribution >= 0.6 is 0 Å². The van der Waals surface area contributed by atoms with E-state index in [4.69, 9.17) is 9.47 Å². The van der Waals surface area contributed by atoms with E-state index in [0.29, 0.717) is 24.7 Å².